The van der Waals surface area contributed by atoms with Crippen LogP contribution < -0.4 is 5.73 Å². The summed E-state index contributed by atoms with van der Waals surface area (Å²) in [5.74, 6) is -1.14. The molecule has 0 saturated heterocycles. The zero-order valence-electron chi connectivity index (χ0n) is 9.90. The summed E-state index contributed by atoms with van der Waals surface area (Å²) in [5, 5.41) is 8.73. The molecule has 16 heavy (non-hydrogen) atoms. The molecule has 0 radical (unpaired) electrons. The van der Waals surface area contributed by atoms with E-state index in [0.717, 1.165) is 19.3 Å². The Hall–Kier alpha value is -1.10. The van der Waals surface area contributed by atoms with Crippen molar-refractivity contribution in [1.82, 2.24) is 4.90 Å². The fraction of sp³-hybridized carbons (Fsp3) is 0.818. The van der Waals surface area contributed by atoms with Crippen molar-refractivity contribution in [3.8, 4) is 0 Å². The number of rotatable bonds is 5. The van der Waals surface area contributed by atoms with Crippen molar-refractivity contribution in [3.63, 3.8) is 0 Å². The molecule has 0 aliphatic heterocycles. The van der Waals surface area contributed by atoms with Gasteiger partial charge in [-0.1, -0.05) is 0 Å². The number of hydrogen-bond donors (Lipinski definition) is 2. The fourth-order valence-electron chi connectivity index (χ4n) is 1.91. The largest absolute Gasteiger partial charge is 0.480 e. The van der Waals surface area contributed by atoms with E-state index in [1.54, 1.807) is 0 Å². The van der Waals surface area contributed by atoms with Crippen LogP contribution in [0.2, 0.25) is 0 Å². The minimum absolute atomic E-state index is 0.104. The zero-order chi connectivity index (χ0) is 12.3. The Bertz CT molecular complexity index is 285. The topological polar surface area (TPSA) is 83.6 Å². The minimum Gasteiger partial charge on any atom is -0.480 e. The molecule has 0 spiro atoms. The Kier molecular flexibility index (Phi) is 3.91. The van der Waals surface area contributed by atoms with Crippen molar-refractivity contribution >= 4 is 11.9 Å². The van der Waals surface area contributed by atoms with Crippen molar-refractivity contribution < 1.29 is 14.7 Å². The summed E-state index contributed by atoms with van der Waals surface area (Å²) in [5.41, 5.74) is 5.59. The molecule has 5 heteroatoms. The van der Waals surface area contributed by atoms with Gasteiger partial charge in [0.25, 0.3) is 0 Å². The molecule has 0 heterocycles. The van der Waals surface area contributed by atoms with Gasteiger partial charge in [-0.3, -0.25) is 9.59 Å². The van der Waals surface area contributed by atoms with Crippen LogP contribution in [0.4, 0.5) is 0 Å². The highest BCUT2D eigenvalue weighted by molar-refractivity contribution is 5.82. The van der Waals surface area contributed by atoms with Gasteiger partial charge < -0.3 is 15.7 Å². The first-order chi connectivity index (χ1) is 7.34. The highest BCUT2D eigenvalue weighted by Gasteiger charge is 2.36. The molecule has 1 rings (SSSR count). The lowest BCUT2D eigenvalue weighted by Crippen LogP contribution is -2.52. The van der Waals surface area contributed by atoms with Crippen LogP contribution in [-0.2, 0) is 9.59 Å². The summed E-state index contributed by atoms with van der Waals surface area (Å²) < 4.78 is 0. The summed E-state index contributed by atoms with van der Waals surface area (Å²) >= 11 is 0. The molecule has 92 valence electrons. The van der Waals surface area contributed by atoms with E-state index in [1.165, 1.54) is 4.90 Å². The summed E-state index contributed by atoms with van der Waals surface area (Å²) in [4.78, 5) is 23.9. The molecular formula is C11H20N2O3. The minimum atomic E-state index is -0.985. The van der Waals surface area contributed by atoms with Gasteiger partial charge in [-0.05, 0) is 33.1 Å². The summed E-state index contributed by atoms with van der Waals surface area (Å²) in [6.07, 6.45) is 3.04. The molecule has 0 aromatic rings. The molecule has 0 unspecified atom stereocenters. The van der Waals surface area contributed by atoms with Gasteiger partial charge in [0.15, 0.2) is 0 Å². The number of carbonyl (C=O) groups excluding carboxylic acids is 1. The van der Waals surface area contributed by atoms with Gasteiger partial charge in [0, 0.05) is 18.0 Å². The van der Waals surface area contributed by atoms with E-state index >= 15 is 0 Å². The molecule has 0 aromatic heterocycles. The molecule has 1 aliphatic carbocycles. The first-order valence-corrected chi connectivity index (χ1v) is 5.64. The second-order valence-electron chi connectivity index (χ2n) is 4.90. The van der Waals surface area contributed by atoms with E-state index in [9.17, 15) is 9.59 Å². The monoisotopic (exact) mass is 228 g/mol. The van der Waals surface area contributed by atoms with Crippen LogP contribution in [0, 0.1) is 0 Å². The number of carbonyl (C=O) groups is 2. The van der Waals surface area contributed by atoms with Crippen LogP contribution in [0.3, 0.4) is 0 Å². The normalized spacial score (nSPS) is 18.0. The Balaban J connectivity index is 2.56. The lowest BCUT2D eigenvalue weighted by Gasteiger charge is -2.39. The first-order valence-electron chi connectivity index (χ1n) is 5.64. The zero-order valence-corrected chi connectivity index (χ0v) is 9.90. The summed E-state index contributed by atoms with van der Waals surface area (Å²) in [7, 11) is 0. The number of nitrogens with two attached hydrogens (primary N) is 1. The van der Waals surface area contributed by atoms with Gasteiger partial charge in [-0.15, -0.1) is 0 Å². The van der Waals surface area contributed by atoms with Gasteiger partial charge in [-0.2, -0.15) is 0 Å². The average Bonchev–Trinajstić information content (AvgIpc) is 2.10. The number of nitrogens with zero attached hydrogens (tertiary/aromatic N) is 1. The molecule has 1 saturated carbocycles. The number of aliphatic carboxylic acids is 1. The van der Waals surface area contributed by atoms with Gasteiger partial charge >= 0.3 is 5.97 Å². The van der Waals surface area contributed by atoms with Gasteiger partial charge in [0.05, 0.1) is 0 Å². The van der Waals surface area contributed by atoms with Crippen molar-refractivity contribution in [3.05, 3.63) is 0 Å². The smallest absolute Gasteiger partial charge is 0.323 e. The maximum atomic E-state index is 11.9. The highest BCUT2D eigenvalue weighted by Crippen LogP contribution is 2.32. The SMILES string of the molecule is CC(C)N(CC(=O)O)C(=O)CC1(N)CCC1. The molecule has 0 aromatic carbocycles. The number of amides is 1. The molecule has 0 atom stereocenters. The van der Waals surface area contributed by atoms with Crippen LogP contribution in [0.5, 0.6) is 0 Å². The van der Waals surface area contributed by atoms with Crippen molar-refractivity contribution in [2.24, 2.45) is 5.73 Å². The van der Waals surface area contributed by atoms with E-state index in [2.05, 4.69) is 0 Å². The third-order valence-corrected chi connectivity index (χ3v) is 3.10. The van der Waals surface area contributed by atoms with E-state index in [4.69, 9.17) is 10.8 Å². The molecule has 5 nitrogen and oxygen atoms in total. The van der Waals surface area contributed by atoms with Crippen LogP contribution >= 0.6 is 0 Å². The van der Waals surface area contributed by atoms with Crippen molar-refractivity contribution in [2.75, 3.05) is 6.54 Å². The third kappa shape index (κ3) is 3.20. The summed E-state index contributed by atoms with van der Waals surface area (Å²) in [6.45, 7) is 3.38. The number of carboxylic acids is 1. The molecular weight excluding hydrogens is 208 g/mol. The Morgan fingerprint density at radius 1 is 1.44 bits per heavy atom. The molecule has 1 aliphatic rings. The molecule has 3 N–H and O–H groups in total. The van der Waals surface area contributed by atoms with Crippen LogP contribution in [0.1, 0.15) is 39.5 Å². The Labute approximate surface area is 95.6 Å². The van der Waals surface area contributed by atoms with Gasteiger partial charge in [0.2, 0.25) is 5.91 Å². The van der Waals surface area contributed by atoms with Crippen LogP contribution in [0.15, 0.2) is 0 Å². The molecule has 1 amide bonds. The van der Waals surface area contributed by atoms with Gasteiger partial charge in [0.1, 0.15) is 6.54 Å². The maximum absolute atomic E-state index is 11.9. The second kappa shape index (κ2) is 4.82. The standard InChI is InChI=1S/C11H20N2O3/c1-8(2)13(7-10(15)16)9(14)6-11(12)4-3-5-11/h8H,3-7,12H2,1-2H3,(H,15,16). The predicted molar refractivity (Wildman–Crippen MR) is 59.9 cm³/mol. The maximum Gasteiger partial charge on any atom is 0.323 e. The van der Waals surface area contributed by atoms with E-state index in [-0.39, 0.29) is 30.5 Å². The average molecular weight is 228 g/mol. The second-order valence-corrected chi connectivity index (χ2v) is 4.90. The van der Waals surface area contributed by atoms with E-state index in [0.29, 0.717) is 0 Å². The van der Waals surface area contributed by atoms with Gasteiger partial charge in [-0.25, -0.2) is 0 Å². The third-order valence-electron chi connectivity index (χ3n) is 3.10. The summed E-state index contributed by atoms with van der Waals surface area (Å²) in [6, 6.07) is -0.104. The van der Waals surface area contributed by atoms with Crippen molar-refractivity contribution in [1.29, 1.82) is 0 Å². The number of hydrogen-bond acceptors (Lipinski definition) is 3. The predicted octanol–water partition coefficient (Wildman–Crippen LogP) is 0.579. The van der Waals surface area contributed by atoms with Crippen LogP contribution in [0.25, 0.3) is 0 Å². The first kappa shape index (κ1) is 13.0. The molecule has 1 fully saturated rings. The highest BCUT2D eigenvalue weighted by atomic mass is 16.4. The Morgan fingerprint density at radius 2 is 2.00 bits per heavy atom. The van der Waals surface area contributed by atoms with Crippen molar-refractivity contribution in [2.45, 2.75) is 51.1 Å². The number of carboxylic acid groups (broad SMARTS) is 1. The lowest BCUT2D eigenvalue weighted by molar-refractivity contribution is -0.146. The van der Waals surface area contributed by atoms with E-state index in [1.807, 2.05) is 13.8 Å². The van der Waals surface area contributed by atoms with Crippen LogP contribution in [-0.4, -0.2) is 40.0 Å². The molecule has 0 bridgehead atoms. The Morgan fingerprint density at radius 3 is 2.31 bits per heavy atom. The quantitative estimate of drug-likeness (QED) is 0.721. The lowest BCUT2D eigenvalue weighted by atomic mass is 9.75. The van der Waals surface area contributed by atoms with E-state index < -0.39 is 5.97 Å². The fourth-order valence-corrected chi connectivity index (χ4v) is 1.91.